The monoisotopic (exact) mass is 248 g/mol. The van der Waals surface area contributed by atoms with Crippen molar-refractivity contribution in [1.29, 1.82) is 0 Å². The summed E-state index contributed by atoms with van der Waals surface area (Å²) in [6.07, 6.45) is 2.63. The van der Waals surface area contributed by atoms with Gasteiger partial charge in [-0.3, -0.25) is 0 Å². The third kappa shape index (κ3) is 2.03. The van der Waals surface area contributed by atoms with Crippen LogP contribution < -0.4 is 0 Å². The molecular weight excluding hydrogens is 232 g/mol. The van der Waals surface area contributed by atoms with Gasteiger partial charge in [0.1, 0.15) is 0 Å². The van der Waals surface area contributed by atoms with E-state index >= 15 is 0 Å². The number of aromatic nitrogens is 2. The van der Waals surface area contributed by atoms with Crippen molar-refractivity contribution in [3.8, 4) is 0 Å². The van der Waals surface area contributed by atoms with E-state index in [1.807, 2.05) is 0 Å². The van der Waals surface area contributed by atoms with E-state index in [1.165, 1.54) is 17.5 Å². The molecule has 90 valence electrons. The molecule has 1 aliphatic heterocycles. The van der Waals surface area contributed by atoms with Gasteiger partial charge >= 0.3 is 0 Å². The highest BCUT2D eigenvalue weighted by atomic mass is 32.1. The molecule has 1 N–H and O–H groups in total. The highest BCUT2D eigenvalue weighted by Crippen LogP contribution is 2.20. The maximum absolute atomic E-state index is 5.68. The second-order valence-electron chi connectivity index (χ2n) is 4.70. The topological polar surface area (TPSA) is 29.9 Å². The average molecular weight is 248 g/mol. The number of aryl methyl sites for hydroxylation is 1. The van der Waals surface area contributed by atoms with Gasteiger partial charge in [-0.25, -0.2) is 0 Å². The quantitative estimate of drug-likeness (QED) is 0.827. The molecule has 0 spiro atoms. The number of rotatable bonds is 2. The summed E-state index contributed by atoms with van der Waals surface area (Å²) in [7, 11) is 0. The summed E-state index contributed by atoms with van der Waals surface area (Å²) >= 11 is 5.38. The summed E-state index contributed by atoms with van der Waals surface area (Å²) in [6.45, 7) is 3.85. The maximum atomic E-state index is 5.68. The van der Waals surface area contributed by atoms with Gasteiger partial charge < -0.3 is 14.3 Å². The van der Waals surface area contributed by atoms with Crippen molar-refractivity contribution in [2.45, 2.75) is 32.4 Å². The van der Waals surface area contributed by atoms with E-state index < -0.39 is 0 Å². The lowest BCUT2D eigenvalue weighted by atomic mass is 10.2. The minimum atomic E-state index is 0.321. The van der Waals surface area contributed by atoms with Gasteiger partial charge in [-0.1, -0.05) is 6.07 Å². The van der Waals surface area contributed by atoms with E-state index in [0.717, 1.165) is 29.9 Å². The highest BCUT2D eigenvalue weighted by molar-refractivity contribution is 7.71. The van der Waals surface area contributed by atoms with Crippen LogP contribution in [0.1, 0.15) is 18.4 Å². The Hall–Kier alpha value is -1.13. The first-order valence-electron chi connectivity index (χ1n) is 6.05. The maximum Gasteiger partial charge on any atom is 0.178 e. The van der Waals surface area contributed by atoms with Gasteiger partial charge in [0.2, 0.25) is 0 Å². The normalized spacial score (nSPS) is 20.2. The van der Waals surface area contributed by atoms with Crippen LogP contribution in [-0.4, -0.2) is 22.3 Å². The fourth-order valence-corrected chi connectivity index (χ4v) is 2.72. The fourth-order valence-electron chi connectivity index (χ4n) is 2.44. The third-order valence-electron chi connectivity index (χ3n) is 3.34. The van der Waals surface area contributed by atoms with E-state index in [-0.39, 0.29) is 0 Å². The third-order valence-corrected chi connectivity index (χ3v) is 3.66. The van der Waals surface area contributed by atoms with Crippen LogP contribution in [0.3, 0.4) is 0 Å². The first-order valence-corrected chi connectivity index (χ1v) is 6.45. The first kappa shape index (κ1) is 11.0. The van der Waals surface area contributed by atoms with Gasteiger partial charge in [0, 0.05) is 6.61 Å². The van der Waals surface area contributed by atoms with Crippen LogP contribution in [0.15, 0.2) is 18.2 Å². The average Bonchev–Trinajstić information content (AvgIpc) is 2.90. The zero-order valence-corrected chi connectivity index (χ0v) is 10.7. The van der Waals surface area contributed by atoms with Crippen LogP contribution in [0.5, 0.6) is 0 Å². The second-order valence-corrected chi connectivity index (χ2v) is 5.08. The molecule has 2 aromatic rings. The van der Waals surface area contributed by atoms with Crippen molar-refractivity contribution in [3.05, 3.63) is 28.5 Å². The van der Waals surface area contributed by atoms with Crippen molar-refractivity contribution in [2.75, 3.05) is 6.61 Å². The fraction of sp³-hybridized carbons (Fsp3) is 0.462. The Kier molecular flexibility index (Phi) is 2.76. The van der Waals surface area contributed by atoms with E-state index in [2.05, 4.69) is 34.7 Å². The minimum absolute atomic E-state index is 0.321. The summed E-state index contributed by atoms with van der Waals surface area (Å²) in [5.74, 6) is 0. The Morgan fingerprint density at radius 2 is 2.41 bits per heavy atom. The molecule has 1 aliphatic rings. The van der Waals surface area contributed by atoms with Crippen molar-refractivity contribution >= 4 is 23.3 Å². The van der Waals surface area contributed by atoms with Crippen LogP contribution >= 0.6 is 12.2 Å². The van der Waals surface area contributed by atoms with E-state index in [4.69, 9.17) is 17.0 Å². The zero-order valence-electron chi connectivity index (χ0n) is 9.90. The van der Waals surface area contributed by atoms with Crippen LogP contribution in [0, 0.1) is 11.7 Å². The number of imidazole rings is 1. The standard InChI is InChI=1S/C13H16N2OS/c1-9-4-5-11-12(7-9)15(13(17)14-11)8-10-3-2-6-16-10/h4-5,7,10H,2-3,6,8H2,1H3,(H,14,17). The molecule has 17 heavy (non-hydrogen) atoms. The minimum Gasteiger partial charge on any atom is -0.376 e. The molecule has 0 amide bonds. The number of aromatic amines is 1. The molecule has 1 aromatic carbocycles. The molecule has 2 heterocycles. The highest BCUT2D eigenvalue weighted by Gasteiger charge is 2.17. The molecule has 4 heteroatoms. The molecule has 1 unspecified atom stereocenters. The Morgan fingerprint density at radius 1 is 1.53 bits per heavy atom. The van der Waals surface area contributed by atoms with Crippen molar-refractivity contribution in [2.24, 2.45) is 0 Å². The lowest BCUT2D eigenvalue weighted by molar-refractivity contribution is 0.0976. The van der Waals surface area contributed by atoms with Crippen molar-refractivity contribution in [1.82, 2.24) is 9.55 Å². The largest absolute Gasteiger partial charge is 0.376 e. The van der Waals surface area contributed by atoms with Crippen LogP contribution in [0.2, 0.25) is 0 Å². The SMILES string of the molecule is Cc1ccc2[nH]c(=S)n(CC3CCCO3)c2c1. The molecule has 1 fully saturated rings. The van der Waals surface area contributed by atoms with E-state index in [9.17, 15) is 0 Å². The summed E-state index contributed by atoms with van der Waals surface area (Å²) in [5.41, 5.74) is 3.55. The number of hydrogen-bond acceptors (Lipinski definition) is 2. The summed E-state index contributed by atoms with van der Waals surface area (Å²) in [5, 5.41) is 0. The Labute approximate surface area is 105 Å². The van der Waals surface area contributed by atoms with Crippen molar-refractivity contribution < 1.29 is 4.74 Å². The molecule has 3 nitrogen and oxygen atoms in total. The molecule has 1 aromatic heterocycles. The lowest BCUT2D eigenvalue weighted by Gasteiger charge is -2.11. The number of benzene rings is 1. The number of nitrogens with zero attached hydrogens (tertiary/aromatic N) is 1. The number of ether oxygens (including phenoxy) is 1. The van der Waals surface area contributed by atoms with Gasteiger partial charge in [-0.15, -0.1) is 0 Å². The number of fused-ring (bicyclic) bond motifs is 1. The molecule has 1 atom stereocenters. The molecule has 1 saturated heterocycles. The zero-order chi connectivity index (χ0) is 11.8. The molecule has 0 bridgehead atoms. The molecule has 0 radical (unpaired) electrons. The Balaban J connectivity index is 2.04. The van der Waals surface area contributed by atoms with E-state index in [0.29, 0.717) is 6.10 Å². The predicted molar refractivity (Wildman–Crippen MR) is 70.8 cm³/mol. The van der Waals surface area contributed by atoms with E-state index in [1.54, 1.807) is 0 Å². The van der Waals surface area contributed by atoms with Crippen LogP contribution in [0.4, 0.5) is 0 Å². The summed E-state index contributed by atoms with van der Waals surface area (Å²) < 4.78 is 8.63. The molecular formula is C13H16N2OS. The number of nitrogens with one attached hydrogen (secondary N) is 1. The number of H-pyrrole nitrogens is 1. The molecule has 0 saturated carbocycles. The van der Waals surface area contributed by atoms with Crippen LogP contribution in [0.25, 0.3) is 11.0 Å². The van der Waals surface area contributed by atoms with Gasteiger partial charge in [0.15, 0.2) is 4.77 Å². The van der Waals surface area contributed by atoms with Gasteiger partial charge in [0.05, 0.1) is 23.7 Å². The second kappa shape index (κ2) is 4.27. The van der Waals surface area contributed by atoms with Gasteiger partial charge in [-0.05, 0) is 49.7 Å². The van der Waals surface area contributed by atoms with Gasteiger partial charge in [-0.2, -0.15) is 0 Å². The van der Waals surface area contributed by atoms with Gasteiger partial charge in [0.25, 0.3) is 0 Å². The molecule has 3 rings (SSSR count). The predicted octanol–water partition coefficient (Wildman–Crippen LogP) is 3.19. The Bertz CT molecular complexity index is 593. The lowest BCUT2D eigenvalue weighted by Crippen LogP contribution is -2.14. The van der Waals surface area contributed by atoms with Crippen molar-refractivity contribution in [3.63, 3.8) is 0 Å². The van der Waals surface area contributed by atoms with Crippen LogP contribution in [-0.2, 0) is 11.3 Å². The smallest absolute Gasteiger partial charge is 0.178 e. The molecule has 0 aliphatic carbocycles. The Morgan fingerprint density at radius 3 is 3.18 bits per heavy atom. The summed E-state index contributed by atoms with van der Waals surface area (Å²) in [6, 6.07) is 6.37. The number of hydrogen-bond donors (Lipinski definition) is 1. The first-order chi connectivity index (χ1) is 8.24. The summed E-state index contributed by atoms with van der Waals surface area (Å²) in [4.78, 5) is 3.25.